The van der Waals surface area contributed by atoms with Gasteiger partial charge in [-0.25, -0.2) is 9.37 Å². The summed E-state index contributed by atoms with van der Waals surface area (Å²) in [5.74, 6) is -0.873. The van der Waals surface area contributed by atoms with Crippen LogP contribution in [-0.2, 0) is 9.59 Å². The summed E-state index contributed by atoms with van der Waals surface area (Å²) in [4.78, 5) is 28.9. The van der Waals surface area contributed by atoms with E-state index in [9.17, 15) is 14.0 Å². The van der Waals surface area contributed by atoms with Crippen molar-refractivity contribution < 1.29 is 14.0 Å². The Morgan fingerprint density at radius 2 is 2.10 bits per heavy atom. The van der Waals surface area contributed by atoms with Gasteiger partial charge in [0.25, 0.3) is 5.91 Å². The van der Waals surface area contributed by atoms with Crippen molar-refractivity contribution in [3.8, 4) is 0 Å². The number of carbonyl (C=O) groups is 2. The van der Waals surface area contributed by atoms with Crippen LogP contribution in [0.15, 0.2) is 12.1 Å². The van der Waals surface area contributed by atoms with Crippen LogP contribution < -0.4 is 5.73 Å². The molecular formula is C13H13FN4O2. The molecule has 1 saturated heterocycles. The van der Waals surface area contributed by atoms with E-state index in [1.807, 2.05) is 0 Å². The number of hydrogen-bond donors (Lipinski definition) is 1. The molecule has 1 aliphatic rings. The van der Waals surface area contributed by atoms with E-state index in [0.717, 1.165) is 4.90 Å². The van der Waals surface area contributed by atoms with Crippen LogP contribution in [0.1, 0.15) is 18.0 Å². The number of imide groups is 1. The van der Waals surface area contributed by atoms with Gasteiger partial charge in [0.15, 0.2) is 0 Å². The predicted molar refractivity (Wildman–Crippen MR) is 70.3 cm³/mol. The molecule has 6 nitrogen and oxygen atoms in total. The minimum absolute atomic E-state index is 0.0431. The number of hydrogen-bond acceptors (Lipinski definition) is 4. The Bertz CT molecular complexity index is 752. The minimum atomic E-state index is -0.706. The molecule has 1 fully saturated rings. The van der Waals surface area contributed by atoms with Gasteiger partial charge in [-0.05, 0) is 18.6 Å². The average molecular weight is 276 g/mol. The molecule has 0 aliphatic carbocycles. The maximum atomic E-state index is 13.5. The Morgan fingerprint density at radius 3 is 2.70 bits per heavy atom. The molecule has 1 aromatic carbocycles. The fourth-order valence-electron chi connectivity index (χ4n) is 2.50. The van der Waals surface area contributed by atoms with E-state index >= 15 is 0 Å². The second-order valence-corrected chi connectivity index (χ2v) is 4.94. The van der Waals surface area contributed by atoms with Crippen molar-refractivity contribution in [2.45, 2.75) is 19.4 Å². The molecule has 104 valence electrons. The van der Waals surface area contributed by atoms with Gasteiger partial charge >= 0.3 is 0 Å². The first kappa shape index (κ1) is 12.6. The Morgan fingerprint density at radius 1 is 1.40 bits per heavy atom. The number of rotatable bonds is 1. The lowest BCUT2D eigenvalue weighted by Gasteiger charge is -2.13. The lowest BCUT2D eigenvalue weighted by molar-refractivity contribution is -0.137. The van der Waals surface area contributed by atoms with E-state index in [-0.39, 0.29) is 30.0 Å². The summed E-state index contributed by atoms with van der Waals surface area (Å²) in [6.07, 6.45) is 0.0431. The van der Waals surface area contributed by atoms with Crippen molar-refractivity contribution in [2.24, 2.45) is 0 Å². The summed E-state index contributed by atoms with van der Waals surface area (Å²) >= 11 is 0. The summed E-state index contributed by atoms with van der Waals surface area (Å²) in [7, 11) is 1.44. The highest BCUT2D eigenvalue weighted by Gasteiger charge is 2.39. The van der Waals surface area contributed by atoms with Gasteiger partial charge in [0.05, 0.1) is 17.5 Å². The van der Waals surface area contributed by atoms with E-state index in [1.54, 1.807) is 13.0 Å². The van der Waals surface area contributed by atoms with E-state index in [4.69, 9.17) is 5.73 Å². The second-order valence-electron chi connectivity index (χ2n) is 4.94. The van der Waals surface area contributed by atoms with Gasteiger partial charge in [-0.2, -0.15) is 0 Å². The molecule has 2 amide bonds. The van der Waals surface area contributed by atoms with Crippen LogP contribution in [0, 0.1) is 12.7 Å². The number of amides is 2. The lowest BCUT2D eigenvalue weighted by atomic mass is 10.2. The van der Waals surface area contributed by atoms with Crippen molar-refractivity contribution in [3.05, 3.63) is 23.5 Å². The van der Waals surface area contributed by atoms with Crippen LogP contribution in [0.5, 0.6) is 0 Å². The molecule has 2 heterocycles. The number of nitrogen functional groups attached to an aromatic ring is 1. The fourth-order valence-corrected chi connectivity index (χ4v) is 2.50. The highest BCUT2D eigenvalue weighted by molar-refractivity contribution is 6.05. The number of likely N-dealkylation sites (tertiary alicyclic amines) is 1. The SMILES string of the molecule is Cc1cc2c(cc1F)nc(N)n2C1CC(=O)N(C)C1=O. The molecule has 1 unspecified atom stereocenters. The predicted octanol–water partition coefficient (Wildman–Crippen LogP) is 0.996. The molecule has 1 aromatic heterocycles. The Hall–Kier alpha value is -2.44. The number of nitrogens with two attached hydrogens (primary N) is 1. The van der Waals surface area contributed by atoms with Gasteiger partial charge in [0.2, 0.25) is 11.9 Å². The third-order valence-electron chi connectivity index (χ3n) is 3.67. The Labute approximate surface area is 114 Å². The van der Waals surface area contributed by atoms with Crippen molar-refractivity contribution >= 4 is 28.8 Å². The molecular weight excluding hydrogens is 263 g/mol. The number of anilines is 1. The van der Waals surface area contributed by atoms with Crippen LogP contribution in [0.2, 0.25) is 0 Å². The number of benzene rings is 1. The van der Waals surface area contributed by atoms with Crippen molar-refractivity contribution in [3.63, 3.8) is 0 Å². The van der Waals surface area contributed by atoms with Crippen LogP contribution >= 0.6 is 0 Å². The number of likely N-dealkylation sites (N-methyl/N-ethyl adjacent to an activating group) is 1. The number of aromatic nitrogens is 2. The zero-order chi connectivity index (χ0) is 14.6. The number of fused-ring (bicyclic) bond motifs is 1. The van der Waals surface area contributed by atoms with Crippen LogP contribution in [0.25, 0.3) is 11.0 Å². The normalized spacial score (nSPS) is 19.4. The lowest BCUT2D eigenvalue weighted by Crippen LogP contribution is -2.27. The molecule has 1 atom stereocenters. The average Bonchev–Trinajstić information content (AvgIpc) is 2.81. The molecule has 7 heteroatoms. The highest BCUT2D eigenvalue weighted by Crippen LogP contribution is 2.31. The molecule has 1 aliphatic heterocycles. The van der Waals surface area contributed by atoms with Gasteiger partial charge in [0.1, 0.15) is 11.9 Å². The molecule has 2 N–H and O–H groups in total. The number of imidazole rings is 1. The molecule has 3 rings (SSSR count). The van der Waals surface area contributed by atoms with Crippen LogP contribution in [0.4, 0.5) is 10.3 Å². The van der Waals surface area contributed by atoms with Gasteiger partial charge in [-0.3, -0.25) is 19.1 Å². The standard InChI is InChI=1S/C13H13FN4O2/c1-6-3-9-8(4-7(6)14)16-13(15)18(9)10-5-11(19)17(2)12(10)20/h3-4,10H,5H2,1-2H3,(H2,15,16). The van der Waals surface area contributed by atoms with Crippen molar-refractivity contribution in [1.29, 1.82) is 0 Å². The maximum absolute atomic E-state index is 13.5. The largest absolute Gasteiger partial charge is 0.369 e. The topological polar surface area (TPSA) is 81.2 Å². The first-order valence-electron chi connectivity index (χ1n) is 6.14. The number of carbonyl (C=O) groups excluding carboxylic acids is 2. The molecule has 0 radical (unpaired) electrons. The zero-order valence-electron chi connectivity index (χ0n) is 11.1. The summed E-state index contributed by atoms with van der Waals surface area (Å²) < 4.78 is 15.1. The van der Waals surface area contributed by atoms with Gasteiger partial charge in [-0.15, -0.1) is 0 Å². The first-order valence-corrected chi connectivity index (χ1v) is 6.14. The van der Waals surface area contributed by atoms with Crippen LogP contribution in [-0.4, -0.2) is 33.3 Å². The molecule has 20 heavy (non-hydrogen) atoms. The Kier molecular flexibility index (Phi) is 2.53. The number of aryl methyl sites for hydroxylation is 1. The van der Waals surface area contributed by atoms with E-state index < -0.39 is 6.04 Å². The summed E-state index contributed by atoms with van der Waals surface area (Å²) in [6, 6.07) is 2.16. The van der Waals surface area contributed by atoms with Gasteiger partial charge < -0.3 is 5.73 Å². The van der Waals surface area contributed by atoms with Crippen molar-refractivity contribution in [2.75, 3.05) is 12.8 Å². The summed E-state index contributed by atoms with van der Waals surface area (Å²) in [6.45, 7) is 1.62. The smallest absolute Gasteiger partial charge is 0.252 e. The summed E-state index contributed by atoms with van der Waals surface area (Å²) in [5, 5.41) is 0. The van der Waals surface area contributed by atoms with E-state index in [0.29, 0.717) is 16.6 Å². The number of nitrogens with zero attached hydrogens (tertiary/aromatic N) is 3. The van der Waals surface area contributed by atoms with E-state index in [1.165, 1.54) is 17.7 Å². The molecule has 0 spiro atoms. The van der Waals surface area contributed by atoms with E-state index in [2.05, 4.69) is 4.98 Å². The maximum Gasteiger partial charge on any atom is 0.252 e. The number of halogens is 1. The third kappa shape index (κ3) is 1.59. The van der Waals surface area contributed by atoms with Crippen molar-refractivity contribution in [1.82, 2.24) is 14.5 Å². The molecule has 0 saturated carbocycles. The summed E-state index contributed by atoms with van der Waals surface area (Å²) in [5.41, 5.74) is 7.20. The quantitative estimate of drug-likeness (QED) is 0.788. The van der Waals surface area contributed by atoms with Gasteiger partial charge in [0, 0.05) is 13.1 Å². The highest BCUT2D eigenvalue weighted by atomic mass is 19.1. The third-order valence-corrected chi connectivity index (χ3v) is 3.67. The van der Waals surface area contributed by atoms with Crippen LogP contribution in [0.3, 0.4) is 0 Å². The zero-order valence-corrected chi connectivity index (χ0v) is 11.1. The fraction of sp³-hybridized carbons (Fsp3) is 0.308. The molecule has 2 aromatic rings. The molecule has 0 bridgehead atoms. The second kappa shape index (κ2) is 4.03. The van der Waals surface area contributed by atoms with Gasteiger partial charge in [-0.1, -0.05) is 0 Å². The Balaban J connectivity index is 2.22. The minimum Gasteiger partial charge on any atom is -0.369 e. The monoisotopic (exact) mass is 276 g/mol. The first-order chi connectivity index (χ1) is 9.40.